The molecular weight excluding hydrogens is 402 g/mol. The van der Waals surface area contributed by atoms with Crippen LogP contribution in [0.5, 0.6) is 5.75 Å². The molecule has 154 valence electrons. The van der Waals surface area contributed by atoms with E-state index in [9.17, 15) is 9.59 Å². The molecule has 0 unspecified atom stereocenters. The Morgan fingerprint density at radius 2 is 1.87 bits per heavy atom. The average molecular weight is 423 g/mol. The summed E-state index contributed by atoms with van der Waals surface area (Å²) < 4.78 is 6.98. The van der Waals surface area contributed by atoms with Crippen LogP contribution in [0.15, 0.2) is 60.0 Å². The van der Waals surface area contributed by atoms with Crippen LogP contribution < -0.4 is 15.4 Å². The number of benzene rings is 2. The molecule has 1 aliphatic rings. The van der Waals surface area contributed by atoms with Gasteiger partial charge in [-0.15, -0.1) is 10.2 Å². The van der Waals surface area contributed by atoms with Crippen molar-refractivity contribution in [1.82, 2.24) is 20.1 Å². The summed E-state index contributed by atoms with van der Waals surface area (Å²) in [5, 5.41) is 14.4. The number of anilines is 1. The molecule has 3 aromatic rings. The number of rotatable bonds is 8. The van der Waals surface area contributed by atoms with Crippen molar-refractivity contribution in [3.8, 4) is 11.4 Å². The minimum absolute atomic E-state index is 0.0798. The smallest absolute Gasteiger partial charge is 0.251 e. The van der Waals surface area contributed by atoms with Crippen molar-refractivity contribution in [3.63, 3.8) is 0 Å². The molecular formula is C21H21N5O3S. The van der Waals surface area contributed by atoms with Crippen LogP contribution in [0.2, 0.25) is 0 Å². The Hall–Kier alpha value is -3.33. The van der Waals surface area contributed by atoms with Gasteiger partial charge in [-0.2, -0.15) is 0 Å². The highest BCUT2D eigenvalue weighted by molar-refractivity contribution is 7.99. The highest BCUT2D eigenvalue weighted by Gasteiger charge is 2.23. The van der Waals surface area contributed by atoms with Gasteiger partial charge in [0.15, 0.2) is 5.16 Å². The fourth-order valence-electron chi connectivity index (χ4n) is 2.77. The molecule has 2 N–H and O–H groups in total. The van der Waals surface area contributed by atoms with Gasteiger partial charge in [-0.25, -0.2) is 0 Å². The van der Waals surface area contributed by atoms with Crippen LogP contribution in [-0.2, 0) is 4.79 Å². The maximum Gasteiger partial charge on any atom is 0.251 e. The molecule has 0 radical (unpaired) electrons. The summed E-state index contributed by atoms with van der Waals surface area (Å²) in [6.07, 6.45) is 3.70. The molecule has 1 saturated carbocycles. The first kappa shape index (κ1) is 20.0. The van der Waals surface area contributed by atoms with Crippen LogP contribution in [0.4, 0.5) is 5.69 Å². The Bertz CT molecular complexity index is 1030. The molecule has 2 aromatic carbocycles. The number of nitrogens with zero attached hydrogens (tertiary/aromatic N) is 3. The zero-order chi connectivity index (χ0) is 20.9. The topological polar surface area (TPSA) is 98.1 Å². The van der Waals surface area contributed by atoms with Gasteiger partial charge in [-0.1, -0.05) is 11.8 Å². The van der Waals surface area contributed by atoms with Crippen LogP contribution in [-0.4, -0.2) is 45.5 Å². The van der Waals surface area contributed by atoms with E-state index < -0.39 is 0 Å². The highest BCUT2D eigenvalue weighted by Crippen LogP contribution is 2.22. The highest BCUT2D eigenvalue weighted by atomic mass is 32.2. The van der Waals surface area contributed by atoms with Gasteiger partial charge < -0.3 is 15.4 Å². The number of aromatic nitrogens is 3. The van der Waals surface area contributed by atoms with Gasteiger partial charge in [-0.05, 0) is 61.4 Å². The van der Waals surface area contributed by atoms with Crippen molar-refractivity contribution in [2.45, 2.75) is 24.0 Å². The van der Waals surface area contributed by atoms with Crippen LogP contribution in [0.25, 0.3) is 5.69 Å². The van der Waals surface area contributed by atoms with Crippen molar-refractivity contribution in [2.75, 3.05) is 18.2 Å². The number of thioether (sulfide) groups is 1. The largest absolute Gasteiger partial charge is 0.497 e. The Morgan fingerprint density at radius 3 is 2.53 bits per heavy atom. The second-order valence-electron chi connectivity index (χ2n) is 6.84. The number of carbonyl (C=O) groups is 2. The molecule has 1 aromatic heterocycles. The Labute approximate surface area is 178 Å². The van der Waals surface area contributed by atoms with E-state index in [2.05, 4.69) is 20.8 Å². The Kier molecular flexibility index (Phi) is 5.99. The molecule has 1 heterocycles. The fourth-order valence-corrected chi connectivity index (χ4v) is 3.50. The molecule has 0 saturated heterocycles. The zero-order valence-corrected chi connectivity index (χ0v) is 17.2. The molecule has 2 amide bonds. The second kappa shape index (κ2) is 9.00. The first-order valence-corrected chi connectivity index (χ1v) is 10.5. The van der Waals surface area contributed by atoms with Gasteiger partial charge >= 0.3 is 0 Å². The maximum absolute atomic E-state index is 12.3. The molecule has 0 spiro atoms. The van der Waals surface area contributed by atoms with Crippen molar-refractivity contribution in [3.05, 3.63) is 60.4 Å². The Balaban J connectivity index is 1.32. The van der Waals surface area contributed by atoms with Gasteiger partial charge in [0, 0.05) is 23.0 Å². The van der Waals surface area contributed by atoms with E-state index in [1.807, 2.05) is 28.8 Å². The average Bonchev–Trinajstić information content (AvgIpc) is 3.46. The number of hydrogen-bond acceptors (Lipinski definition) is 6. The summed E-state index contributed by atoms with van der Waals surface area (Å²) in [5.74, 6) is 0.693. The van der Waals surface area contributed by atoms with Crippen LogP contribution in [0.1, 0.15) is 23.2 Å². The third-order valence-corrected chi connectivity index (χ3v) is 5.49. The number of hydrogen-bond donors (Lipinski definition) is 2. The standard InChI is InChI=1S/C21H21N5O3S/c1-29-18-10-8-17(9-11-18)26-13-22-25-21(26)30-12-19(27)23-15-4-2-14(3-5-15)20(28)24-16-6-7-16/h2-5,8-11,13,16H,6-7,12H2,1H3,(H,23,27)(H,24,28). The molecule has 0 atom stereocenters. The van der Waals surface area contributed by atoms with E-state index in [0.29, 0.717) is 22.4 Å². The van der Waals surface area contributed by atoms with Gasteiger partial charge in [0.1, 0.15) is 12.1 Å². The molecule has 30 heavy (non-hydrogen) atoms. The third kappa shape index (κ3) is 4.98. The lowest BCUT2D eigenvalue weighted by atomic mass is 10.2. The van der Waals surface area contributed by atoms with Gasteiger partial charge in [0.05, 0.1) is 12.9 Å². The summed E-state index contributed by atoms with van der Waals surface area (Å²) in [7, 11) is 1.62. The first-order valence-electron chi connectivity index (χ1n) is 9.50. The van der Waals surface area contributed by atoms with Gasteiger partial charge in [-0.3, -0.25) is 14.2 Å². The lowest BCUT2D eigenvalue weighted by Crippen LogP contribution is -2.25. The molecule has 4 rings (SSSR count). The summed E-state index contributed by atoms with van der Waals surface area (Å²) in [4.78, 5) is 24.3. The van der Waals surface area contributed by atoms with E-state index in [1.165, 1.54) is 11.8 Å². The molecule has 1 aliphatic carbocycles. The van der Waals surface area contributed by atoms with Crippen molar-refractivity contribution in [2.24, 2.45) is 0 Å². The zero-order valence-electron chi connectivity index (χ0n) is 16.4. The summed E-state index contributed by atoms with van der Waals surface area (Å²) in [6.45, 7) is 0. The van der Waals surface area contributed by atoms with Crippen LogP contribution in [0, 0.1) is 0 Å². The molecule has 8 nitrogen and oxygen atoms in total. The SMILES string of the molecule is COc1ccc(-n2cnnc2SCC(=O)Nc2ccc(C(=O)NC3CC3)cc2)cc1. The van der Waals surface area contributed by atoms with E-state index >= 15 is 0 Å². The van der Waals surface area contributed by atoms with E-state index in [-0.39, 0.29) is 17.6 Å². The quantitative estimate of drug-likeness (QED) is 0.541. The minimum Gasteiger partial charge on any atom is -0.497 e. The van der Waals surface area contributed by atoms with E-state index in [1.54, 1.807) is 37.7 Å². The predicted octanol–water partition coefficient (Wildman–Crippen LogP) is 2.90. The number of nitrogens with one attached hydrogen (secondary N) is 2. The molecule has 0 bridgehead atoms. The minimum atomic E-state index is -0.167. The van der Waals surface area contributed by atoms with Crippen LogP contribution in [0.3, 0.4) is 0 Å². The van der Waals surface area contributed by atoms with E-state index in [4.69, 9.17) is 4.74 Å². The Morgan fingerprint density at radius 1 is 1.13 bits per heavy atom. The maximum atomic E-state index is 12.3. The first-order chi connectivity index (χ1) is 14.6. The fraction of sp³-hybridized carbons (Fsp3) is 0.238. The number of carbonyl (C=O) groups excluding carboxylic acids is 2. The number of ether oxygens (including phenoxy) is 1. The third-order valence-electron chi connectivity index (χ3n) is 4.54. The van der Waals surface area contributed by atoms with Gasteiger partial charge in [0.25, 0.3) is 5.91 Å². The predicted molar refractivity (Wildman–Crippen MR) is 114 cm³/mol. The lowest BCUT2D eigenvalue weighted by molar-refractivity contribution is -0.113. The molecule has 9 heteroatoms. The number of amides is 2. The molecule has 1 fully saturated rings. The summed E-state index contributed by atoms with van der Waals surface area (Å²) in [5.41, 5.74) is 2.10. The lowest BCUT2D eigenvalue weighted by Gasteiger charge is -2.08. The van der Waals surface area contributed by atoms with Crippen LogP contribution >= 0.6 is 11.8 Å². The van der Waals surface area contributed by atoms with Crippen molar-refractivity contribution < 1.29 is 14.3 Å². The van der Waals surface area contributed by atoms with Crippen molar-refractivity contribution in [1.29, 1.82) is 0 Å². The normalized spacial score (nSPS) is 13.0. The monoisotopic (exact) mass is 423 g/mol. The second-order valence-corrected chi connectivity index (χ2v) is 7.79. The van der Waals surface area contributed by atoms with Crippen molar-refractivity contribution >= 4 is 29.3 Å². The van der Waals surface area contributed by atoms with Gasteiger partial charge in [0.2, 0.25) is 5.91 Å². The van der Waals surface area contributed by atoms with E-state index in [0.717, 1.165) is 24.3 Å². The molecule has 0 aliphatic heterocycles. The number of methoxy groups -OCH3 is 1. The summed E-state index contributed by atoms with van der Waals surface area (Å²) in [6, 6.07) is 14.7. The summed E-state index contributed by atoms with van der Waals surface area (Å²) >= 11 is 1.29.